The van der Waals surface area contributed by atoms with Crippen LogP contribution < -0.4 is 5.32 Å². The molecule has 0 atom stereocenters. The van der Waals surface area contributed by atoms with Crippen LogP contribution in [0.2, 0.25) is 0 Å². The maximum atomic E-state index is 11.6. The van der Waals surface area contributed by atoms with E-state index >= 15 is 0 Å². The van der Waals surface area contributed by atoms with Crippen molar-refractivity contribution in [1.82, 2.24) is 0 Å². The van der Waals surface area contributed by atoms with Crippen molar-refractivity contribution in [3.05, 3.63) is 28.8 Å². The Hall–Kier alpha value is -1.84. The van der Waals surface area contributed by atoms with Gasteiger partial charge in [-0.1, -0.05) is 13.8 Å². The standard InChI is InChI=1S/C13H17NO3/c1-7(2)12(15)14-11-6-10(13(16)17)5-8(3)9(11)4/h5-7H,1-4H3,(H,14,15)(H,16,17). The highest BCUT2D eigenvalue weighted by Crippen LogP contribution is 2.22. The zero-order valence-electron chi connectivity index (χ0n) is 10.5. The van der Waals surface area contributed by atoms with Crippen LogP contribution in [0.5, 0.6) is 0 Å². The molecule has 92 valence electrons. The van der Waals surface area contributed by atoms with Gasteiger partial charge in [0.2, 0.25) is 5.91 Å². The van der Waals surface area contributed by atoms with E-state index in [1.165, 1.54) is 6.07 Å². The van der Waals surface area contributed by atoms with Gasteiger partial charge in [-0.25, -0.2) is 4.79 Å². The molecule has 0 aliphatic heterocycles. The first-order valence-electron chi connectivity index (χ1n) is 5.48. The van der Waals surface area contributed by atoms with Gasteiger partial charge < -0.3 is 10.4 Å². The summed E-state index contributed by atoms with van der Waals surface area (Å²) in [5, 5.41) is 11.7. The average Bonchev–Trinajstić information content (AvgIpc) is 2.23. The predicted molar refractivity (Wildman–Crippen MR) is 66.3 cm³/mol. The van der Waals surface area contributed by atoms with Crippen molar-refractivity contribution in [2.24, 2.45) is 5.92 Å². The molecule has 0 radical (unpaired) electrons. The summed E-state index contributed by atoms with van der Waals surface area (Å²) in [4.78, 5) is 22.5. The first-order chi connectivity index (χ1) is 7.82. The molecule has 0 saturated heterocycles. The molecule has 0 spiro atoms. The summed E-state index contributed by atoms with van der Waals surface area (Å²) >= 11 is 0. The second-order valence-corrected chi connectivity index (χ2v) is 4.41. The third-order valence-electron chi connectivity index (χ3n) is 2.70. The van der Waals surface area contributed by atoms with E-state index in [9.17, 15) is 9.59 Å². The van der Waals surface area contributed by atoms with Crippen LogP contribution in [-0.2, 0) is 4.79 Å². The molecule has 0 bridgehead atoms. The van der Waals surface area contributed by atoms with Gasteiger partial charge in [0.1, 0.15) is 0 Å². The first-order valence-corrected chi connectivity index (χ1v) is 5.48. The number of carbonyl (C=O) groups is 2. The number of amides is 1. The maximum Gasteiger partial charge on any atom is 0.335 e. The normalized spacial score (nSPS) is 10.4. The minimum atomic E-state index is -0.992. The number of nitrogens with one attached hydrogen (secondary N) is 1. The second kappa shape index (κ2) is 4.99. The highest BCUT2D eigenvalue weighted by molar-refractivity contribution is 5.95. The minimum Gasteiger partial charge on any atom is -0.478 e. The van der Waals surface area contributed by atoms with Crippen molar-refractivity contribution >= 4 is 17.6 Å². The number of hydrogen-bond acceptors (Lipinski definition) is 2. The Bertz CT molecular complexity index is 464. The molecule has 0 unspecified atom stereocenters. The molecular formula is C13H17NO3. The summed E-state index contributed by atoms with van der Waals surface area (Å²) in [6, 6.07) is 3.09. The average molecular weight is 235 g/mol. The fraction of sp³-hybridized carbons (Fsp3) is 0.385. The number of carboxylic acid groups (broad SMARTS) is 1. The number of carbonyl (C=O) groups excluding carboxylic acids is 1. The Kier molecular flexibility index (Phi) is 3.89. The molecule has 4 nitrogen and oxygen atoms in total. The summed E-state index contributed by atoms with van der Waals surface area (Å²) in [6.45, 7) is 7.26. The van der Waals surface area contributed by atoms with Gasteiger partial charge in [0.15, 0.2) is 0 Å². The van der Waals surface area contributed by atoms with E-state index in [0.29, 0.717) is 5.69 Å². The van der Waals surface area contributed by atoms with Crippen LogP contribution in [0.15, 0.2) is 12.1 Å². The van der Waals surface area contributed by atoms with Crippen molar-refractivity contribution < 1.29 is 14.7 Å². The van der Waals surface area contributed by atoms with Gasteiger partial charge >= 0.3 is 5.97 Å². The number of rotatable bonds is 3. The van der Waals surface area contributed by atoms with Crippen molar-refractivity contribution in [2.75, 3.05) is 5.32 Å². The van der Waals surface area contributed by atoms with Crippen molar-refractivity contribution in [1.29, 1.82) is 0 Å². The van der Waals surface area contributed by atoms with Crippen LogP contribution >= 0.6 is 0 Å². The first kappa shape index (κ1) is 13.2. The smallest absolute Gasteiger partial charge is 0.335 e. The van der Waals surface area contributed by atoms with Crippen LogP contribution in [0.1, 0.15) is 35.3 Å². The quantitative estimate of drug-likeness (QED) is 0.846. The Morgan fingerprint density at radius 1 is 1.24 bits per heavy atom. The van der Waals surface area contributed by atoms with E-state index in [1.54, 1.807) is 19.9 Å². The maximum absolute atomic E-state index is 11.6. The fourth-order valence-electron chi connectivity index (χ4n) is 1.39. The van der Waals surface area contributed by atoms with Crippen LogP contribution in [-0.4, -0.2) is 17.0 Å². The molecule has 0 fully saturated rings. The van der Waals surface area contributed by atoms with Gasteiger partial charge in [0, 0.05) is 11.6 Å². The van der Waals surface area contributed by atoms with Crippen LogP contribution in [0, 0.1) is 19.8 Å². The number of aromatic carboxylic acids is 1. The van der Waals surface area contributed by atoms with Crippen molar-refractivity contribution in [3.8, 4) is 0 Å². The Labute approximate surface area is 101 Å². The lowest BCUT2D eigenvalue weighted by molar-refractivity contribution is -0.118. The predicted octanol–water partition coefficient (Wildman–Crippen LogP) is 2.60. The molecule has 2 N–H and O–H groups in total. The molecule has 0 aliphatic rings. The SMILES string of the molecule is Cc1cc(C(=O)O)cc(NC(=O)C(C)C)c1C. The van der Waals surface area contributed by atoms with E-state index in [2.05, 4.69) is 5.32 Å². The lowest BCUT2D eigenvalue weighted by Gasteiger charge is -2.13. The highest BCUT2D eigenvalue weighted by Gasteiger charge is 2.13. The molecule has 1 aromatic carbocycles. The number of anilines is 1. The summed E-state index contributed by atoms with van der Waals surface area (Å²) in [7, 11) is 0. The summed E-state index contributed by atoms with van der Waals surface area (Å²) in [6.07, 6.45) is 0. The van der Waals surface area contributed by atoms with Gasteiger partial charge in [-0.15, -0.1) is 0 Å². The molecule has 0 saturated carbocycles. The molecule has 1 rings (SSSR count). The van der Waals surface area contributed by atoms with Gasteiger partial charge in [0.05, 0.1) is 5.56 Å². The Morgan fingerprint density at radius 3 is 2.29 bits per heavy atom. The number of benzene rings is 1. The van der Waals surface area contributed by atoms with Gasteiger partial charge in [-0.2, -0.15) is 0 Å². The Balaban J connectivity index is 3.14. The number of aryl methyl sites for hydroxylation is 1. The summed E-state index contributed by atoms with van der Waals surface area (Å²) < 4.78 is 0. The largest absolute Gasteiger partial charge is 0.478 e. The topological polar surface area (TPSA) is 66.4 Å². The van der Waals surface area contributed by atoms with Gasteiger partial charge in [0.25, 0.3) is 0 Å². The number of carboxylic acids is 1. The highest BCUT2D eigenvalue weighted by atomic mass is 16.4. The summed E-state index contributed by atoms with van der Waals surface area (Å²) in [5.41, 5.74) is 2.50. The lowest BCUT2D eigenvalue weighted by atomic mass is 10.0. The Morgan fingerprint density at radius 2 is 1.82 bits per heavy atom. The van der Waals surface area contributed by atoms with Crippen molar-refractivity contribution in [3.63, 3.8) is 0 Å². The van der Waals surface area contributed by atoms with Gasteiger partial charge in [-0.05, 0) is 37.1 Å². The third-order valence-corrected chi connectivity index (χ3v) is 2.70. The van der Waals surface area contributed by atoms with E-state index in [0.717, 1.165) is 11.1 Å². The fourth-order valence-corrected chi connectivity index (χ4v) is 1.39. The zero-order valence-corrected chi connectivity index (χ0v) is 10.5. The molecule has 0 heterocycles. The second-order valence-electron chi connectivity index (χ2n) is 4.41. The monoisotopic (exact) mass is 235 g/mol. The molecule has 1 aromatic rings. The molecule has 0 aromatic heterocycles. The van der Waals surface area contributed by atoms with Crippen molar-refractivity contribution in [2.45, 2.75) is 27.7 Å². The summed E-state index contributed by atoms with van der Waals surface area (Å²) in [5.74, 6) is -1.24. The molecule has 0 aliphatic carbocycles. The lowest BCUT2D eigenvalue weighted by Crippen LogP contribution is -2.19. The third kappa shape index (κ3) is 3.06. The molecule has 1 amide bonds. The van der Waals surface area contributed by atoms with E-state index in [1.807, 2.05) is 13.8 Å². The zero-order chi connectivity index (χ0) is 13.2. The molecular weight excluding hydrogens is 218 g/mol. The van der Waals surface area contributed by atoms with Crippen LogP contribution in [0.25, 0.3) is 0 Å². The van der Waals surface area contributed by atoms with E-state index < -0.39 is 5.97 Å². The van der Waals surface area contributed by atoms with E-state index in [4.69, 9.17) is 5.11 Å². The minimum absolute atomic E-state index is 0.116. The van der Waals surface area contributed by atoms with E-state index in [-0.39, 0.29) is 17.4 Å². The van der Waals surface area contributed by atoms with Gasteiger partial charge in [-0.3, -0.25) is 4.79 Å². The number of hydrogen-bond donors (Lipinski definition) is 2. The van der Waals surface area contributed by atoms with Crippen LogP contribution in [0.4, 0.5) is 5.69 Å². The molecule has 4 heteroatoms. The molecule has 17 heavy (non-hydrogen) atoms. The van der Waals surface area contributed by atoms with Crippen LogP contribution in [0.3, 0.4) is 0 Å².